The maximum absolute atomic E-state index is 13.8. The Morgan fingerprint density at radius 1 is 1.38 bits per heavy atom. The number of rotatable bonds is 3. The molecule has 88 valence electrons. The van der Waals surface area contributed by atoms with E-state index in [0.717, 1.165) is 5.56 Å². The number of nitrogens with zero attached hydrogens (tertiary/aromatic N) is 1. The standard InChI is InChI=1S/C12H15F2NO/c1-16-7-6-15-8-10-4-2-3-5-11(10)12(13,14)9-15/h2-5H,6-9H2,1H3. The first-order chi connectivity index (χ1) is 7.63. The number of ether oxygens (including phenoxy) is 1. The summed E-state index contributed by atoms with van der Waals surface area (Å²) >= 11 is 0. The molecule has 0 N–H and O–H groups in total. The zero-order valence-corrected chi connectivity index (χ0v) is 9.25. The van der Waals surface area contributed by atoms with Crippen LogP contribution in [0, 0.1) is 0 Å². The number of alkyl halides is 2. The van der Waals surface area contributed by atoms with Gasteiger partial charge in [-0.05, 0) is 5.56 Å². The Hall–Kier alpha value is -1.00. The van der Waals surface area contributed by atoms with Crippen LogP contribution in [-0.2, 0) is 17.2 Å². The van der Waals surface area contributed by atoms with Crippen molar-refractivity contribution < 1.29 is 13.5 Å². The van der Waals surface area contributed by atoms with Gasteiger partial charge in [-0.25, -0.2) is 0 Å². The summed E-state index contributed by atoms with van der Waals surface area (Å²) in [5.74, 6) is -2.75. The minimum atomic E-state index is -2.75. The van der Waals surface area contributed by atoms with E-state index in [0.29, 0.717) is 19.7 Å². The van der Waals surface area contributed by atoms with Crippen molar-refractivity contribution in [3.63, 3.8) is 0 Å². The monoisotopic (exact) mass is 227 g/mol. The molecule has 0 unspecified atom stereocenters. The minimum Gasteiger partial charge on any atom is -0.383 e. The van der Waals surface area contributed by atoms with Gasteiger partial charge < -0.3 is 4.74 Å². The summed E-state index contributed by atoms with van der Waals surface area (Å²) in [6.45, 7) is 1.39. The van der Waals surface area contributed by atoms with Gasteiger partial charge in [-0.3, -0.25) is 4.90 Å². The lowest BCUT2D eigenvalue weighted by atomic mass is 9.97. The van der Waals surface area contributed by atoms with Crippen LogP contribution in [0.25, 0.3) is 0 Å². The number of hydrogen-bond acceptors (Lipinski definition) is 2. The van der Waals surface area contributed by atoms with E-state index in [9.17, 15) is 8.78 Å². The smallest absolute Gasteiger partial charge is 0.285 e. The van der Waals surface area contributed by atoms with E-state index in [-0.39, 0.29) is 12.1 Å². The Balaban J connectivity index is 2.19. The lowest BCUT2D eigenvalue weighted by Gasteiger charge is -2.34. The molecule has 0 fully saturated rings. The Bertz CT molecular complexity index is 368. The van der Waals surface area contributed by atoms with E-state index in [4.69, 9.17) is 4.74 Å². The second kappa shape index (κ2) is 4.47. The summed E-state index contributed by atoms with van der Waals surface area (Å²) < 4.78 is 32.5. The van der Waals surface area contributed by atoms with Crippen LogP contribution in [0.5, 0.6) is 0 Å². The Labute approximate surface area is 93.8 Å². The zero-order valence-electron chi connectivity index (χ0n) is 9.25. The normalized spacial score (nSPS) is 19.4. The predicted octanol–water partition coefficient (Wildman–Crippen LogP) is 2.24. The van der Waals surface area contributed by atoms with Gasteiger partial charge in [-0.15, -0.1) is 0 Å². The van der Waals surface area contributed by atoms with Crippen molar-refractivity contribution in [2.24, 2.45) is 0 Å². The second-order valence-corrected chi connectivity index (χ2v) is 4.07. The molecule has 0 amide bonds. The third-order valence-corrected chi connectivity index (χ3v) is 2.84. The summed E-state index contributed by atoms with van der Waals surface area (Å²) in [5, 5.41) is 0. The summed E-state index contributed by atoms with van der Waals surface area (Å²) in [7, 11) is 1.58. The number of fused-ring (bicyclic) bond motifs is 1. The molecule has 1 aromatic carbocycles. The van der Waals surface area contributed by atoms with Crippen LogP contribution in [0.4, 0.5) is 8.78 Å². The molecule has 2 rings (SSSR count). The van der Waals surface area contributed by atoms with Gasteiger partial charge in [0.15, 0.2) is 0 Å². The molecule has 1 aliphatic heterocycles. The molecule has 0 bridgehead atoms. The van der Waals surface area contributed by atoms with Gasteiger partial charge in [-0.2, -0.15) is 8.78 Å². The maximum Gasteiger partial charge on any atom is 0.285 e. The van der Waals surface area contributed by atoms with Gasteiger partial charge in [0.2, 0.25) is 0 Å². The van der Waals surface area contributed by atoms with E-state index in [1.165, 1.54) is 6.07 Å². The number of benzene rings is 1. The highest BCUT2D eigenvalue weighted by Crippen LogP contribution is 2.36. The molecular formula is C12H15F2NO. The lowest BCUT2D eigenvalue weighted by molar-refractivity contribution is -0.0560. The van der Waals surface area contributed by atoms with Crippen molar-refractivity contribution in [2.75, 3.05) is 26.8 Å². The SMILES string of the molecule is COCCN1Cc2ccccc2C(F)(F)C1. The molecule has 4 heteroatoms. The van der Waals surface area contributed by atoms with Crippen LogP contribution in [0.2, 0.25) is 0 Å². The van der Waals surface area contributed by atoms with Gasteiger partial charge in [0.25, 0.3) is 5.92 Å². The van der Waals surface area contributed by atoms with Crippen LogP contribution < -0.4 is 0 Å². The first kappa shape index (κ1) is 11.5. The van der Waals surface area contributed by atoms with Crippen molar-refractivity contribution in [1.29, 1.82) is 0 Å². The van der Waals surface area contributed by atoms with E-state index in [2.05, 4.69) is 0 Å². The quantitative estimate of drug-likeness (QED) is 0.785. The van der Waals surface area contributed by atoms with Gasteiger partial charge in [0.05, 0.1) is 13.2 Å². The molecule has 0 atom stereocenters. The predicted molar refractivity (Wildman–Crippen MR) is 57.5 cm³/mol. The lowest BCUT2D eigenvalue weighted by Crippen LogP contribution is -2.41. The highest BCUT2D eigenvalue weighted by atomic mass is 19.3. The van der Waals surface area contributed by atoms with Crippen molar-refractivity contribution in [3.05, 3.63) is 35.4 Å². The van der Waals surface area contributed by atoms with Crippen molar-refractivity contribution >= 4 is 0 Å². The van der Waals surface area contributed by atoms with E-state index < -0.39 is 5.92 Å². The number of hydrogen-bond donors (Lipinski definition) is 0. The number of halogens is 2. The van der Waals surface area contributed by atoms with Crippen LogP contribution in [0.3, 0.4) is 0 Å². The fourth-order valence-corrected chi connectivity index (χ4v) is 2.06. The maximum atomic E-state index is 13.8. The van der Waals surface area contributed by atoms with Crippen LogP contribution in [0.1, 0.15) is 11.1 Å². The fourth-order valence-electron chi connectivity index (χ4n) is 2.06. The molecule has 16 heavy (non-hydrogen) atoms. The molecular weight excluding hydrogens is 212 g/mol. The minimum absolute atomic E-state index is 0.170. The highest BCUT2D eigenvalue weighted by Gasteiger charge is 2.39. The fraction of sp³-hybridized carbons (Fsp3) is 0.500. The first-order valence-corrected chi connectivity index (χ1v) is 5.31. The Morgan fingerprint density at radius 3 is 2.88 bits per heavy atom. The second-order valence-electron chi connectivity index (χ2n) is 4.07. The van der Waals surface area contributed by atoms with Crippen molar-refractivity contribution in [2.45, 2.75) is 12.5 Å². The molecule has 1 aromatic rings. The largest absolute Gasteiger partial charge is 0.383 e. The van der Waals surface area contributed by atoms with Crippen molar-refractivity contribution in [1.82, 2.24) is 4.90 Å². The molecule has 1 heterocycles. The topological polar surface area (TPSA) is 12.5 Å². The molecule has 0 saturated heterocycles. The summed E-state index contributed by atoms with van der Waals surface area (Å²) in [6.07, 6.45) is 0. The molecule has 2 nitrogen and oxygen atoms in total. The Kier molecular flexibility index (Phi) is 3.21. The van der Waals surface area contributed by atoms with Gasteiger partial charge in [-0.1, -0.05) is 24.3 Å². The van der Waals surface area contributed by atoms with Crippen LogP contribution in [0.15, 0.2) is 24.3 Å². The zero-order chi connectivity index (χ0) is 11.6. The average Bonchev–Trinajstić information content (AvgIpc) is 2.25. The summed E-state index contributed by atoms with van der Waals surface area (Å²) in [4.78, 5) is 1.73. The molecule has 0 saturated carbocycles. The van der Waals surface area contributed by atoms with E-state index in [1.807, 2.05) is 0 Å². The van der Waals surface area contributed by atoms with Gasteiger partial charge in [0, 0.05) is 25.8 Å². The third kappa shape index (κ3) is 2.23. The summed E-state index contributed by atoms with van der Waals surface area (Å²) in [5.41, 5.74) is 0.888. The van der Waals surface area contributed by atoms with Gasteiger partial charge >= 0.3 is 0 Å². The highest BCUT2D eigenvalue weighted by molar-refractivity contribution is 5.33. The van der Waals surface area contributed by atoms with Crippen LogP contribution in [-0.4, -0.2) is 31.7 Å². The van der Waals surface area contributed by atoms with Crippen molar-refractivity contribution in [3.8, 4) is 0 Å². The number of methoxy groups -OCH3 is 1. The molecule has 0 spiro atoms. The Morgan fingerprint density at radius 2 is 2.12 bits per heavy atom. The van der Waals surface area contributed by atoms with E-state index >= 15 is 0 Å². The third-order valence-electron chi connectivity index (χ3n) is 2.84. The first-order valence-electron chi connectivity index (χ1n) is 5.31. The molecule has 1 aliphatic rings. The average molecular weight is 227 g/mol. The molecule has 0 radical (unpaired) electrons. The molecule has 0 aliphatic carbocycles. The van der Waals surface area contributed by atoms with Crippen LogP contribution >= 0.6 is 0 Å². The van der Waals surface area contributed by atoms with E-state index in [1.54, 1.807) is 30.2 Å². The molecule has 0 aromatic heterocycles. The summed E-state index contributed by atoms with van der Waals surface area (Å²) in [6, 6.07) is 6.75. The van der Waals surface area contributed by atoms with Gasteiger partial charge in [0.1, 0.15) is 0 Å².